The molecule has 0 amide bonds. The number of carbonyl (C=O) groups is 1. The van der Waals surface area contributed by atoms with Crippen LogP contribution in [0.1, 0.15) is 43.6 Å². The first-order valence-corrected chi connectivity index (χ1v) is 6.93. The van der Waals surface area contributed by atoms with Gasteiger partial charge in [-0.1, -0.05) is 5.56 Å². The topological polar surface area (TPSA) is 70.8 Å². The summed E-state index contributed by atoms with van der Waals surface area (Å²) >= 11 is 0. The van der Waals surface area contributed by atoms with Gasteiger partial charge in [0.1, 0.15) is 0 Å². The molecule has 2 N–H and O–H groups in total. The summed E-state index contributed by atoms with van der Waals surface area (Å²) in [5, 5.41) is 0. The number of hydrogen-bond acceptors (Lipinski definition) is 5. The number of methoxy groups -OCH3 is 1. The van der Waals surface area contributed by atoms with Crippen molar-refractivity contribution in [3.05, 3.63) is 23.3 Å². The molecular formula is C15H22BNO4. The van der Waals surface area contributed by atoms with Crippen LogP contribution in [0.4, 0.5) is 5.69 Å². The van der Waals surface area contributed by atoms with Crippen molar-refractivity contribution < 1.29 is 18.8 Å². The van der Waals surface area contributed by atoms with E-state index in [9.17, 15) is 4.79 Å². The summed E-state index contributed by atoms with van der Waals surface area (Å²) in [6.07, 6.45) is 0. The molecule has 0 saturated carbocycles. The number of rotatable bonds is 2. The van der Waals surface area contributed by atoms with Gasteiger partial charge in [-0.3, -0.25) is 0 Å². The van der Waals surface area contributed by atoms with Crippen LogP contribution >= 0.6 is 0 Å². The lowest BCUT2D eigenvalue weighted by Crippen LogP contribution is -2.41. The second-order valence-electron chi connectivity index (χ2n) is 6.38. The van der Waals surface area contributed by atoms with Gasteiger partial charge in [0.05, 0.1) is 23.9 Å². The Kier molecular flexibility index (Phi) is 3.80. The van der Waals surface area contributed by atoms with Crippen molar-refractivity contribution in [2.75, 3.05) is 12.8 Å². The smallest absolute Gasteiger partial charge is 0.465 e. The predicted octanol–water partition coefficient (Wildman–Crippen LogP) is 1.66. The fourth-order valence-corrected chi connectivity index (χ4v) is 2.25. The van der Waals surface area contributed by atoms with Crippen molar-refractivity contribution in [3.8, 4) is 0 Å². The second kappa shape index (κ2) is 5.03. The molecule has 114 valence electrons. The first kappa shape index (κ1) is 15.9. The van der Waals surface area contributed by atoms with Gasteiger partial charge in [0.25, 0.3) is 0 Å². The minimum Gasteiger partial charge on any atom is -0.465 e. The quantitative estimate of drug-likeness (QED) is 0.510. The summed E-state index contributed by atoms with van der Waals surface area (Å²) in [7, 11) is 0.836. The van der Waals surface area contributed by atoms with Gasteiger partial charge in [-0.05, 0) is 52.2 Å². The molecule has 1 heterocycles. The van der Waals surface area contributed by atoms with Crippen molar-refractivity contribution in [2.24, 2.45) is 0 Å². The Morgan fingerprint density at radius 3 is 2.19 bits per heavy atom. The van der Waals surface area contributed by atoms with E-state index in [0.717, 1.165) is 11.0 Å². The van der Waals surface area contributed by atoms with Gasteiger partial charge in [-0.25, -0.2) is 4.79 Å². The highest BCUT2D eigenvalue weighted by molar-refractivity contribution is 6.62. The Balaban J connectivity index is 2.39. The number of ether oxygens (including phenoxy) is 1. The average molecular weight is 291 g/mol. The van der Waals surface area contributed by atoms with Crippen LogP contribution < -0.4 is 11.2 Å². The van der Waals surface area contributed by atoms with Crippen molar-refractivity contribution >= 4 is 24.2 Å². The molecule has 0 bridgehead atoms. The van der Waals surface area contributed by atoms with E-state index in [1.807, 2.05) is 34.6 Å². The third-order valence-electron chi connectivity index (χ3n) is 4.35. The average Bonchev–Trinajstić information content (AvgIpc) is 2.59. The van der Waals surface area contributed by atoms with Gasteiger partial charge in [0.15, 0.2) is 0 Å². The van der Waals surface area contributed by atoms with Crippen LogP contribution in [-0.2, 0) is 14.0 Å². The molecule has 21 heavy (non-hydrogen) atoms. The van der Waals surface area contributed by atoms with Crippen LogP contribution in [0, 0.1) is 6.92 Å². The zero-order valence-electron chi connectivity index (χ0n) is 13.4. The molecule has 2 rings (SSSR count). The van der Waals surface area contributed by atoms with Crippen LogP contribution in [-0.4, -0.2) is 31.4 Å². The Morgan fingerprint density at radius 1 is 1.19 bits per heavy atom. The fraction of sp³-hybridized carbons (Fsp3) is 0.533. The standard InChI is InChI=1S/C15H22BNO4/c1-9-7-10(13(18)19-6)12(17)8-11(9)16-20-14(2,3)15(4,5)21-16/h7-8H,17H2,1-6H3. The molecule has 0 unspecified atom stereocenters. The molecule has 1 fully saturated rings. The largest absolute Gasteiger partial charge is 0.495 e. The van der Waals surface area contributed by atoms with Gasteiger partial charge in [0, 0.05) is 5.69 Å². The molecule has 5 nitrogen and oxygen atoms in total. The van der Waals surface area contributed by atoms with Gasteiger partial charge in [-0.2, -0.15) is 0 Å². The Labute approximate surface area is 125 Å². The van der Waals surface area contributed by atoms with Crippen LogP contribution in [0.3, 0.4) is 0 Å². The van der Waals surface area contributed by atoms with Crippen molar-refractivity contribution in [3.63, 3.8) is 0 Å². The van der Waals surface area contributed by atoms with Gasteiger partial charge in [0.2, 0.25) is 0 Å². The van der Waals surface area contributed by atoms with Crippen LogP contribution in [0.15, 0.2) is 12.1 Å². The maximum atomic E-state index is 11.7. The minimum atomic E-state index is -0.496. The maximum absolute atomic E-state index is 11.7. The van der Waals surface area contributed by atoms with Gasteiger partial charge >= 0.3 is 13.1 Å². The zero-order chi connectivity index (χ0) is 16.0. The molecule has 1 saturated heterocycles. The molecular weight excluding hydrogens is 269 g/mol. The van der Waals surface area contributed by atoms with E-state index in [2.05, 4.69) is 0 Å². The fourth-order valence-electron chi connectivity index (χ4n) is 2.25. The summed E-state index contributed by atoms with van der Waals surface area (Å²) in [5.41, 5.74) is 7.55. The summed E-state index contributed by atoms with van der Waals surface area (Å²) in [6.45, 7) is 9.87. The molecule has 0 spiro atoms. The van der Waals surface area contributed by atoms with Gasteiger partial charge in [-0.15, -0.1) is 0 Å². The van der Waals surface area contributed by atoms with E-state index in [4.69, 9.17) is 19.8 Å². The third kappa shape index (κ3) is 2.65. The van der Waals surface area contributed by atoms with E-state index in [1.165, 1.54) is 7.11 Å². The molecule has 6 heteroatoms. The van der Waals surface area contributed by atoms with E-state index < -0.39 is 24.3 Å². The second-order valence-corrected chi connectivity index (χ2v) is 6.38. The number of esters is 1. The van der Waals surface area contributed by atoms with Crippen LogP contribution in [0.5, 0.6) is 0 Å². The Bertz CT molecular complexity index is 567. The summed E-state index contributed by atoms with van der Waals surface area (Å²) in [6, 6.07) is 3.44. The number of nitrogens with two attached hydrogens (primary N) is 1. The number of nitrogen functional groups attached to an aromatic ring is 1. The van der Waals surface area contributed by atoms with E-state index in [0.29, 0.717) is 11.3 Å². The Morgan fingerprint density at radius 2 is 1.71 bits per heavy atom. The number of aryl methyl sites for hydroxylation is 1. The van der Waals surface area contributed by atoms with Crippen LogP contribution in [0.25, 0.3) is 0 Å². The highest BCUT2D eigenvalue weighted by atomic mass is 16.7. The summed E-state index contributed by atoms with van der Waals surface area (Å²) < 4.78 is 16.8. The number of hydrogen-bond donors (Lipinski definition) is 1. The lowest BCUT2D eigenvalue weighted by atomic mass is 9.75. The highest BCUT2D eigenvalue weighted by Crippen LogP contribution is 2.36. The lowest BCUT2D eigenvalue weighted by molar-refractivity contribution is 0.00578. The summed E-state index contributed by atoms with van der Waals surface area (Å²) in [4.78, 5) is 11.7. The molecule has 1 aromatic rings. The zero-order valence-corrected chi connectivity index (χ0v) is 13.4. The SMILES string of the molecule is COC(=O)c1cc(C)c(B2OC(C)(C)C(C)(C)O2)cc1N. The molecule has 0 radical (unpaired) electrons. The summed E-state index contributed by atoms with van der Waals surface area (Å²) in [5.74, 6) is -0.448. The van der Waals surface area contributed by atoms with Crippen LogP contribution in [0.2, 0.25) is 0 Å². The minimum absolute atomic E-state index is 0.357. The third-order valence-corrected chi connectivity index (χ3v) is 4.35. The molecule has 0 aromatic heterocycles. The van der Waals surface area contributed by atoms with Crippen molar-refractivity contribution in [1.82, 2.24) is 0 Å². The number of anilines is 1. The van der Waals surface area contributed by atoms with E-state index in [1.54, 1.807) is 12.1 Å². The normalized spacial score (nSPS) is 19.6. The first-order chi connectivity index (χ1) is 9.59. The van der Waals surface area contributed by atoms with E-state index in [-0.39, 0.29) is 0 Å². The molecule has 1 aromatic carbocycles. The predicted molar refractivity (Wildman–Crippen MR) is 82.6 cm³/mol. The molecule has 1 aliphatic heterocycles. The number of benzene rings is 1. The first-order valence-electron chi connectivity index (χ1n) is 6.93. The van der Waals surface area contributed by atoms with Crippen molar-refractivity contribution in [2.45, 2.75) is 45.8 Å². The highest BCUT2D eigenvalue weighted by Gasteiger charge is 2.52. The lowest BCUT2D eigenvalue weighted by Gasteiger charge is -2.32. The number of carbonyl (C=O) groups excluding carboxylic acids is 1. The molecule has 0 aliphatic carbocycles. The van der Waals surface area contributed by atoms with E-state index >= 15 is 0 Å². The molecule has 1 aliphatic rings. The van der Waals surface area contributed by atoms with Crippen molar-refractivity contribution in [1.29, 1.82) is 0 Å². The molecule has 0 atom stereocenters. The monoisotopic (exact) mass is 291 g/mol. The Hall–Kier alpha value is -1.53. The van der Waals surface area contributed by atoms with Gasteiger partial charge < -0.3 is 19.8 Å². The maximum Gasteiger partial charge on any atom is 0.495 e.